The second kappa shape index (κ2) is 6.60. The summed E-state index contributed by atoms with van der Waals surface area (Å²) in [6, 6.07) is 7.02. The van der Waals surface area contributed by atoms with Gasteiger partial charge in [-0.2, -0.15) is 5.26 Å². The number of ether oxygens (including phenoxy) is 3. The van der Waals surface area contributed by atoms with Crippen molar-refractivity contribution in [3.8, 4) is 11.8 Å². The summed E-state index contributed by atoms with van der Waals surface area (Å²) in [5.41, 5.74) is 0.477. The third-order valence-corrected chi connectivity index (χ3v) is 2.81. The first-order valence-corrected chi connectivity index (χ1v) is 6.23. The monoisotopic (exact) mass is 267 g/mol. The van der Waals surface area contributed by atoms with Gasteiger partial charge in [0.1, 0.15) is 11.8 Å². The Morgan fingerprint density at radius 3 is 2.89 bits per heavy atom. The first kappa shape index (κ1) is 13.2. The molecule has 1 fully saturated rings. The van der Waals surface area contributed by atoms with Crippen LogP contribution in [0.4, 0.5) is 0 Å². The molecule has 5 heteroatoms. The molecule has 1 aliphatic heterocycles. The van der Waals surface area contributed by atoms with Gasteiger partial charge in [-0.05, 0) is 18.6 Å². The van der Waals surface area contributed by atoms with Crippen molar-refractivity contribution in [3.63, 3.8) is 0 Å². The van der Waals surface area contributed by atoms with Crippen molar-refractivity contribution in [2.24, 2.45) is 0 Å². The van der Waals surface area contributed by atoms with Gasteiger partial charge in [-0.25, -0.2) is 0 Å². The van der Waals surface area contributed by atoms with Gasteiger partial charge in [0, 0.05) is 17.5 Å². The smallest absolute Gasteiger partial charge is 0.160 e. The maximum Gasteiger partial charge on any atom is 0.160 e. The SMILES string of the molecule is N#Cc1ccc(Cl)cc1OCCC1OCCCO1. The van der Waals surface area contributed by atoms with Crippen LogP contribution in [-0.2, 0) is 9.47 Å². The summed E-state index contributed by atoms with van der Waals surface area (Å²) in [5, 5.41) is 9.49. The highest BCUT2D eigenvalue weighted by Gasteiger charge is 2.14. The lowest BCUT2D eigenvalue weighted by molar-refractivity contribution is -0.183. The van der Waals surface area contributed by atoms with Gasteiger partial charge in [0.15, 0.2) is 6.29 Å². The van der Waals surface area contributed by atoms with Crippen molar-refractivity contribution in [3.05, 3.63) is 28.8 Å². The first-order valence-electron chi connectivity index (χ1n) is 5.85. The minimum atomic E-state index is -0.205. The molecule has 0 saturated carbocycles. The van der Waals surface area contributed by atoms with E-state index in [0.29, 0.717) is 29.4 Å². The summed E-state index contributed by atoms with van der Waals surface area (Å²) >= 11 is 5.86. The predicted molar refractivity (Wildman–Crippen MR) is 66.6 cm³/mol. The molecule has 1 aromatic rings. The van der Waals surface area contributed by atoms with Crippen LogP contribution < -0.4 is 4.74 Å². The second-order valence-corrected chi connectivity index (χ2v) is 4.35. The van der Waals surface area contributed by atoms with E-state index < -0.39 is 0 Å². The zero-order chi connectivity index (χ0) is 12.8. The average molecular weight is 268 g/mol. The molecule has 0 spiro atoms. The molecular weight excluding hydrogens is 254 g/mol. The molecule has 1 saturated heterocycles. The summed E-state index contributed by atoms with van der Waals surface area (Å²) in [6.07, 6.45) is 1.37. The summed E-state index contributed by atoms with van der Waals surface area (Å²) in [5.74, 6) is 0.501. The molecule has 4 nitrogen and oxygen atoms in total. The van der Waals surface area contributed by atoms with Crippen molar-refractivity contribution >= 4 is 11.6 Å². The van der Waals surface area contributed by atoms with Gasteiger partial charge in [-0.3, -0.25) is 0 Å². The van der Waals surface area contributed by atoms with Gasteiger partial charge >= 0.3 is 0 Å². The number of benzene rings is 1. The quantitative estimate of drug-likeness (QED) is 0.842. The van der Waals surface area contributed by atoms with Gasteiger partial charge in [0.2, 0.25) is 0 Å². The molecule has 18 heavy (non-hydrogen) atoms. The fourth-order valence-corrected chi connectivity index (χ4v) is 1.84. The van der Waals surface area contributed by atoms with Gasteiger partial charge < -0.3 is 14.2 Å². The number of rotatable bonds is 4. The molecule has 2 rings (SSSR count). The zero-order valence-corrected chi connectivity index (χ0v) is 10.7. The van der Waals surface area contributed by atoms with Crippen LogP contribution in [0.3, 0.4) is 0 Å². The molecule has 1 aliphatic rings. The molecule has 0 atom stereocenters. The lowest BCUT2D eigenvalue weighted by Crippen LogP contribution is -2.26. The summed E-state index contributed by atoms with van der Waals surface area (Å²) in [4.78, 5) is 0. The highest BCUT2D eigenvalue weighted by atomic mass is 35.5. The van der Waals surface area contributed by atoms with Crippen LogP contribution in [0.25, 0.3) is 0 Å². The van der Waals surface area contributed by atoms with E-state index in [1.807, 2.05) is 0 Å². The van der Waals surface area contributed by atoms with E-state index in [1.54, 1.807) is 18.2 Å². The molecule has 0 unspecified atom stereocenters. The van der Waals surface area contributed by atoms with E-state index in [2.05, 4.69) is 6.07 Å². The predicted octanol–water partition coefficient (Wildman–Crippen LogP) is 2.74. The molecule has 1 heterocycles. The van der Waals surface area contributed by atoms with E-state index in [9.17, 15) is 0 Å². The molecule has 0 amide bonds. The van der Waals surface area contributed by atoms with E-state index in [-0.39, 0.29) is 6.29 Å². The molecule has 0 aliphatic carbocycles. The lowest BCUT2D eigenvalue weighted by Gasteiger charge is -2.23. The normalized spacial score (nSPS) is 16.2. The largest absolute Gasteiger partial charge is 0.492 e. The average Bonchev–Trinajstić information content (AvgIpc) is 2.40. The minimum absolute atomic E-state index is 0.205. The van der Waals surface area contributed by atoms with Crippen molar-refractivity contribution in [2.75, 3.05) is 19.8 Å². The Hall–Kier alpha value is -1.28. The third-order valence-electron chi connectivity index (χ3n) is 2.57. The molecule has 0 aromatic heterocycles. The number of hydrogen-bond donors (Lipinski definition) is 0. The molecule has 96 valence electrons. The fraction of sp³-hybridized carbons (Fsp3) is 0.462. The van der Waals surface area contributed by atoms with Gasteiger partial charge in [0.25, 0.3) is 0 Å². The van der Waals surface area contributed by atoms with E-state index >= 15 is 0 Å². The van der Waals surface area contributed by atoms with E-state index in [4.69, 9.17) is 31.1 Å². The van der Waals surface area contributed by atoms with Gasteiger partial charge in [-0.15, -0.1) is 0 Å². The van der Waals surface area contributed by atoms with Crippen molar-refractivity contribution in [2.45, 2.75) is 19.1 Å². The van der Waals surface area contributed by atoms with E-state index in [1.165, 1.54) is 0 Å². The maximum atomic E-state index is 8.93. The molecule has 0 bridgehead atoms. The topological polar surface area (TPSA) is 51.5 Å². The number of nitriles is 1. The highest BCUT2D eigenvalue weighted by molar-refractivity contribution is 6.30. The second-order valence-electron chi connectivity index (χ2n) is 3.91. The Kier molecular flexibility index (Phi) is 4.82. The highest BCUT2D eigenvalue weighted by Crippen LogP contribution is 2.23. The Morgan fingerprint density at radius 2 is 2.17 bits per heavy atom. The standard InChI is InChI=1S/C13H14ClNO3/c14-11-3-2-10(9-15)12(8-11)16-7-4-13-17-5-1-6-18-13/h2-3,8,13H,1,4-7H2. The Labute approximate surface area is 111 Å². The fourth-order valence-electron chi connectivity index (χ4n) is 1.68. The maximum absolute atomic E-state index is 8.93. The summed E-state index contributed by atoms with van der Waals surface area (Å²) in [7, 11) is 0. The molecular formula is C13H14ClNO3. The minimum Gasteiger partial charge on any atom is -0.492 e. The van der Waals surface area contributed by atoms with Crippen LogP contribution in [0.15, 0.2) is 18.2 Å². The lowest BCUT2D eigenvalue weighted by atomic mass is 10.2. The number of halogens is 1. The van der Waals surface area contributed by atoms with Crippen molar-refractivity contribution in [1.29, 1.82) is 5.26 Å². The van der Waals surface area contributed by atoms with Crippen LogP contribution in [0.5, 0.6) is 5.75 Å². The van der Waals surface area contributed by atoms with Crippen LogP contribution in [0.2, 0.25) is 5.02 Å². The van der Waals surface area contributed by atoms with Crippen LogP contribution >= 0.6 is 11.6 Å². The Balaban J connectivity index is 1.86. The van der Waals surface area contributed by atoms with Gasteiger partial charge in [-0.1, -0.05) is 11.6 Å². The van der Waals surface area contributed by atoms with Crippen molar-refractivity contribution in [1.82, 2.24) is 0 Å². The van der Waals surface area contributed by atoms with Crippen LogP contribution in [-0.4, -0.2) is 26.1 Å². The van der Waals surface area contributed by atoms with Gasteiger partial charge in [0.05, 0.1) is 25.4 Å². The summed E-state index contributed by atoms with van der Waals surface area (Å²) < 4.78 is 16.4. The Morgan fingerprint density at radius 1 is 1.39 bits per heavy atom. The Bertz CT molecular complexity index is 438. The van der Waals surface area contributed by atoms with Crippen LogP contribution in [0, 0.1) is 11.3 Å². The van der Waals surface area contributed by atoms with E-state index in [0.717, 1.165) is 19.6 Å². The van der Waals surface area contributed by atoms with Crippen molar-refractivity contribution < 1.29 is 14.2 Å². The first-order chi connectivity index (χ1) is 8.79. The number of nitrogens with zero attached hydrogens (tertiary/aromatic N) is 1. The molecule has 1 aromatic carbocycles. The molecule has 0 N–H and O–H groups in total. The molecule has 0 radical (unpaired) electrons. The van der Waals surface area contributed by atoms with Crippen LogP contribution in [0.1, 0.15) is 18.4 Å². The number of hydrogen-bond acceptors (Lipinski definition) is 4. The summed E-state index contributed by atoms with van der Waals surface area (Å²) in [6.45, 7) is 1.89. The zero-order valence-electron chi connectivity index (χ0n) is 9.89. The third kappa shape index (κ3) is 3.61.